The van der Waals surface area contributed by atoms with Crippen molar-refractivity contribution in [1.82, 2.24) is 0 Å². The molecule has 2 N–H and O–H groups in total. The third kappa shape index (κ3) is 5.41. The number of halogens is 1. The van der Waals surface area contributed by atoms with Crippen LogP contribution in [0, 0.1) is 0 Å². The van der Waals surface area contributed by atoms with E-state index in [-0.39, 0.29) is 18.4 Å². The molecule has 0 fully saturated rings. The van der Waals surface area contributed by atoms with E-state index in [2.05, 4.69) is 42.5 Å². The molecule has 0 amide bonds. The van der Waals surface area contributed by atoms with Crippen LogP contribution in [0.1, 0.15) is 30.5 Å². The van der Waals surface area contributed by atoms with E-state index >= 15 is 0 Å². The fourth-order valence-corrected chi connectivity index (χ4v) is 2.38. The Bertz CT molecular complexity index is 540. The molecule has 3 heteroatoms. The lowest BCUT2D eigenvalue weighted by Crippen LogP contribution is -2.17. The predicted molar refractivity (Wildman–Crippen MR) is 91.5 cm³/mol. The molecule has 21 heavy (non-hydrogen) atoms. The van der Waals surface area contributed by atoms with E-state index in [1.807, 2.05) is 19.9 Å². The molecule has 0 aliphatic heterocycles. The molecule has 2 rings (SSSR count). The van der Waals surface area contributed by atoms with Gasteiger partial charge in [-0.25, -0.2) is 0 Å². The standard InChI is InChI=1S/C18H23NO.ClH/c1-3-20-18-10-9-16(11-14(2)19)13-17(18)12-15-7-5-4-6-8-15;/h4-10,13-14H,3,11-12,19H2,1-2H3;1H. The Morgan fingerprint density at radius 1 is 1.05 bits per heavy atom. The summed E-state index contributed by atoms with van der Waals surface area (Å²) in [6, 6.07) is 17.1. The highest BCUT2D eigenvalue weighted by Crippen LogP contribution is 2.24. The van der Waals surface area contributed by atoms with Gasteiger partial charge in [0.1, 0.15) is 5.75 Å². The molecular formula is C18H24ClNO. The highest BCUT2D eigenvalue weighted by molar-refractivity contribution is 5.85. The lowest BCUT2D eigenvalue weighted by atomic mass is 9.99. The Morgan fingerprint density at radius 2 is 1.76 bits per heavy atom. The van der Waals surface area contributed by atoms with Gasteiger partial charge in [0.05, 0.1) is 6.61 Å². The number of rotatable bonds is 6. The second-order valence-corrected chi connectivity index (χ2v) is 5.22. The zero-order chi connectivity index (χ0) is 14.4. The number of ether oxygens (including phenoxy) is 1. The third-order valence-electron chi connectivity index (χ3n) is 3.22. The summed E-state index contributed by atoms with van der Waals surface area (Å²) in [5.74, 6) is 0.977. The Hall–Kier alpha value is -1.51. The Balaban J connectivity index is 0.00000220. The van der Waals surface area contributed by atoms with Crippen molar-refractivity contribution in [3.8, 4) is 5.75 Å². The van der Waals surface area contributed by atoms with Gasteiger partial charge >= 0.3 is 0 Å². The molecule has 0 radical (unpaired) electrons. The number of hydrogen-bond donors (Lipinski definition) is 1. The van der Waals surface area contributed by atoms with E-state index in [4.69, 9.17) is 10.5 Å². The van der Waals surface area contributed by atoms with Gasteiger partial charge in [-0.15, -0.1) is 12.4 Å². The van der Waals surface area contributed by atoms with Gasteiger partial charge in [0.2, 0.25) is 0 Å². The first kappa shape index (κ1) is 17.5. The fourth-order valence-electron chi connectivity index (χ4n) is 2.38. The van der Waals surface area contributed by atoms with Crippen LogP contribution in [-0.4, -0.2) is 12.6 Å². The molecule has 114 valence electrons. The quantitative estimate of drug-likeness (QED) is 0.876. The molecule has 0 saturated heterocycles. The average Bonchev–Trinajstić information content (AvgIpc) is 2.42. The Morgan fingerprint density at radius 3 is 2.38 bits per heavy atom. The maximum absolute atomic E-state index is 5.89. The molecule has 1 unspecified atom stereocenters. The van der Waals surface area contributed by atoms with E-state index in [1.54, 1.807) is 0 Å². The van der Waals surface area contributed by atoms with Crippen molar-refractivity contribution in [3.05, 3.63) is 65.2 Å². The monoisotopic (exact) mass is 305 g/mol. The largest absolute Gasteiger partial charge is 0.494 e. The molecule has 0 aromatic heterocycles. The second kappa shape index (κ2) is 8.71. The second-order valence-electron chi connectivity index (χ2n) is 5.22. The fraction of sp³-hybridized carbons (Fsp3) is 0.333. The van der Waals surface area contributed by atoms with Gasteiger partial charge in [0, 0.05) is 12.5 Å². The SMILES string of the molecule is CCOc1ccc(CC(C)N)cc1Cc1ccccc1.Cl. The highest BCUT2D eigenvalue weighted by atomic mass is 35.5. The molecule has 0 spiro atoms. The first-order valence-electron chi connectivity index (χ1n) is 7.23. The summed E-state index contributed by atoms with van der Waals surface area (Å²) in [5, 5.41) is 0. The van der Waals surface area contributed by atoms with E-state index in [1.165, 1.54) is 16.7 Å². The lowest BCUT2D eigenvalue weighted by molar-refractivity contribution is 0.337. The summed E-state index contributed by atoms with van der Waals surface area (Å²) in [6.07, 6.45) is 1.79. The van der Waals surface area contributed by atoms with Crippen molar-refractivity contribution in [2.24, 2.45) is 5.73 Å². The van der Waals surface area contributed by atoms with Crippen LogP contribution < -0.4 is 10.5 Å². The van der Waals surface area contributed by atoms with Gasteiger partial charge in [-0.05, 0) is 43.0 Å². The van der Waals surface area contributed by atoms with E-state index in [9.17, 15) is 0 Å². The molecule has 1 atom stereocenters. The number of nitrogens with two attached hydrogens (primary N) is 1. The minimum absolute atomic E-state index is 0. The van der Waals surface area contributed by atoms with Gasteiger partial charge in [-0.3, -0.25) is 0 Å². The van der Waals surface area contributed by atoms with Crippen LogP contribution in [0.5, 0.6) is 5.75 Å². The smallest absolute Gasteiger partial charge is 0.122 e. The molecule has 0 heterocycles. The molecular weight excluding hydrogens is 282 g/mol. The average molecular weight is 306 g/mol. The summed E-state index contributed by atoms with van der Waals surface area (Å²) in [4.78, 5) is 0. The predicted octanol–water partition coefficient (Wildman–Crippen LogP) is 3.99. The van der Waals surface area contributed by atoms with E-state index < -0.39 is 0 Å². The van der Waals surface area contributed by atoms with Crippen molar-refractivity contribution in [2.75, 3.05) is 6.61 Å². The molecule has 0 bridgehead atoms. The first-order chi connectivity index (χ1) is 9.69. The minimum Gasteiger partial charge on any atom is -0.494 e. The third-order valence-corrected chi connectivity index (χ3v) is 3.22. The summed E-state index contributed by atoms with van der Waals surface area (Å²) in [7, 11) is 0. The Kier molecular flexibility index (Phi) is 7.27. The maximum atomic E-state index is 5.89. The molecule has 0 saturated carbocycles. The van der Waals surface area contributed by atoms with Crippen LogP contribution in [0.15, 0.2) is 48.5 Å². The zero-order valence-corrected chi connectivity index (χ0v) is 13.5. The van der Waals surface area contributed by atoms with Gasteiger partial charge in [-0.2, -0.15) is 0 Å². The van der Waals surface area contributed by atoms with E-state index in [0.29, 0.717) is 6.61 Å². The van der Waals surface area contributed by atoms with Crippen molar-refractivity contribution in [3.63, 3.8) is 0 Å². The van der Waals surface area contributed by atoms with Crippen molar-refractivity contribution >= 4 is 12.4 Å². The summed E-state index contributed by atoms with van der Waals surface area (Å²) >= 11 is 0. The Labute approximate surface area is 133 Å². The number of benzene rings is 2. The number of hydrogen-bond acceptors (Lipinski definition) is 2. The van der Waals surface area contributed by atoms with Crippen LogP contribution in [0.3, 0.4) is 0 Å². The molecule has 2 aromatic carbocycles. The summed E-state index contributed by atoms with van der Waals surface area (Å²) in [5.41, 5.74) is 9.70. The molecule has 0 aliphatic carbocycles. The van der Waals surface area contributed by atoms with Crippen LogP contribution in [-0.2, 0) is 12.8 Å². The molecule has 2 nitrogen and oxygen atoms in total. The normalized spacial score (nSPS) is 11.6. The van der Waals surface area contributed by atoms with Crippen LogP contribution in [0.4, 0.5) is 0 Å². The van der Waals surface area contributed by atoms with Gasteiger partial charge in [0.15, 0.2) is 0 Å². The van der Waals surface area contributed by atoms with Gasteiger partial charge in [-0.1, -0.05) is 42.5 Å². The molecule has 2 aromatic rings. The lowest BCUT2D eigenvalue weighted by Gasteiger charge is -2.13. The van der Waals surface area contributed by atoms with Crippen molar-refractivity contribution in [1.29, 1.82) is 0 Å². The van der Waals surface area contributed by atoms with Crippen LogP contribution in [0.25, 0.3) is 0 Å². The summed E-state index contributed by atoms with van der Waals surface area (Å²) in [6.45, 7) is 4.74. The van der Waals surface area contributed by atoms with Gasteiger partial charge < -0.3 is 10.5 Å². The van der Waals surface area contributed by atoms with E-state index in [0.717, 1.165) is 18.6 Å². The topological polar surface area (TPSA) is 35.2 Å². The zero-order valence-electron chi connectivity index (χ0n) is 12.7. The van der Waals surface area contributed by atoms with Crippen LogP contribution in [0.2, 0.25) is 0 Å². The summed E-state index contributed by atoms with van der Waals surface area (Å²) < 4.78 is 5.74. The van der Waals surface area contributed by atoms with Crippen LogP contribution >= 0.6 is 12.4 Å². The molecule has 0 aliphatic rings. The highest BCUT2D eigenvalue weighted by Gasteiger charge is 2.07. The first-order valence-corrected chi connectivity index (χ1v) is 7.23. The maximum Gasteiger partial charge on any atom is 0.122 e. The van der Waals surface area contributed by atoms with Crippen molar-refractivity contribution < 1.29 is 4.74 Å². The van der Waals surface area contributed by atoms with Crippen molar-refractivity contribution in [2.45, 2.75) is 32.7 Å². The van der Waals surface area contributed by atoms with Gasteiger partial charge in [0.25, 0.3) is 0 Å². The minimum atomic E-state index is 0.